The Balaban J connectivity index is 3.70. The quantitative estimate of drug-likeness (QED) is 0.634. The summed E-state index contributed by atoms with van der Waals surface area (Å²) in [6, 6.07) is 1.32. The number of hydrogen-bond donors (Lipinski definition) is 1. The molecule has 2 heteroatoms. The molecule has 0 spiro atoms. The van der Waals surface area contributed by atoms with Gasteiger partial charge >= 0.3 is 0 Å². The topological polar surface area (TPSA) is 12.0 Å². The van der Waals surface area contributed by atoms with E-state index in [9.17, 15) is 0 Å². The minimum atomic E-state index is 0.637. The predicted octanol–water partition coefficient (Wildman–Crippen LogP) is 3.85. The molecule has 15 heavy (non-hydrogen) atoms. The van der Waals surface area contributed by atoms with Gasteiger partial charge in [-0.2, -0.15) is 11.8 Å². The largest absolute Gasteiger partial charge is 0.311 e. The normalized spacial score (nSPS) is 14.7. The van der Waals surface area contributed by atoms with E-state index in [1.54, 1.807) is 0 Å². The molecule has 0 bridgehead atoms. The van der Waals surface area contributed by atoms with Crippen LogP contribution in [0.3, 0.4) is 0 Å². The lowest BCUT2D eigenvalue weighted by Gasteiger charge is -2.21. The maximum atomic E-state index is 3.69. The summed E-state index contributed by atoms with van der Waals surface area (Å²) in [6.07, 6.45) is 8.18. The van der Waals surface area contributed by atoms with E-state index in [0.29, 0.717) is 12.1 Å². The minimum absolute atomic E-state index is 0.637. The fraction of sp³-hybridized carbons (Fsp3) is 0.846. The predicted molar refractivity (Wildman–Crippen MR) is 73.7 cm³/mol. The molecule has 0 radical (unpaired) electrons. The molecule has 0 rings (SSSR count). The minimum Gasteiger partial charge on any atom is -0.311 e. The average molecular weight is 229 g/mol. The Morgan fingerprint density at radius 1 is 1.40 bits per heavy atom. The highest BCUT2D eigenvalue weighted by molar-refractivity contribution is 7.98. The first kappa shape index (κ1) is 15.0. The van der Waals surface area contributed by atoms with Gasteiger partial charge in [-0.25, -0.2) is 0 Å². The van der Waals surface area contributed by atoms with E-state index in [-0.39, 0.29) is 0 Å². The van der Waals surface area contributed by atoms with Crippen molar-refractivity contribution >= 4 is 11.8 Å². The second-order valence-electron chi connectivity index (χ2n) is 4.49. The molecule has 0 saturated carbocycles. The van der Waals surface area contributed by atoms with E-state index >= 15 is 0 Å². The Kier molecular flexibility index (Phi) is 9.32. The van der Waals surface area contributed by atoms with Crippen molar-refractivity contribution in [2.45, 2.75) is 59.0 Å². The van der Waals surface area contributed by atoms with Gasteiger partial charge in [0.05, 0.1) is 0 Å². The second kappa shape index (κ2) is 9.29. The molecule has 1 nitrogen and oxygen atoms in total. The molecule has 0 aliphatic carbocycles. The molecule has 2 unspecified atom stereocenters. The van der Waals surface area contributed by atoms with Crippen LogP contribution in [0.1, 0.15) is 47.0 Å². The van der Waals surface area contributed by atoms with Gasteiger partial charge in [0.25, 0.3) is 0 Å². The highest BCUT2D eigenvalue weighted by Crippen LogP contribution is 2.06. The number of nitrogens with one attached hydrogen (secondary N) is 1. The molecule has 0 aliphatic rings. The van der Waals surface area contributed by atoms with Crippen LogP contribution in [-0.4, -0.2) is 24.1 Å². The molecule has 0 aromatic rings. The number of hydrogen-bond acceptors (Lipinski definition) is 2. The Hall–Kier alpha value is 0.0500. The number of thioether (sulfide) groups is 1. The summed E-state index contributed by atoms with van der Waals surface area (Å²) in [4.78, 5) is 0. The van der Waals surface area contributed by atoms with Crippen LogP contribution in [0.4, 0.5) is 0 Å². The smallest absolute Gasteiger partial charge is 0.0157 e. The van der Waals surface area contributed by atoms with E-state index in [0.717, 1.165) is 0 Å². The van der Waals surface area contributed by atoms with Gasteiger partial charge in [-0.05, 0) is 46.3 Å². The molecule has 2 atom stereocenters. The Morgan fingerprint density at radius 3 is 2.53 bits per heavy atom. The lowest BCUT2D eigenvalue weighted by molar-refractivity contribution is 0.444. The zero-order chi connectivity index (χ0) is 11.7. The van der Waals surface area contributed by atoms with Gasteiger partial charge in [-0.3, -0.25) is 0 Å². The van der Waals surface area contributed by atoms with E-state index < -0.39 is 0 Å². The first-order valence-electron chi connectivity index (χ1n) is 5.98. The molecule has 90 valence electrons. The van der Waals surface area contributed by atoms with Crippen molar-refractivity contribution in [1.29, 1.82) is 0 Å². The number of rotatable bonds is 8. The first-order valence-corrected chi connectivity index (χ1v) is 7.37. The third kappa shape index (κ3) is 9.01. The van der Waals surface area contributed by atoms with Gasteiger partial charge in [0, 0.05) is 17.8 Å². The van der Waals surface area contributed by atoms with Gasteiger partial charge in [-0.1, -0.05) is 18.6 Å². The summed E-state index contributed by atoms with van der Waals surface area (Å²) < 4.78 is 0. The van der Waals surface area contributed by atoms with E-state index in [1.807, 2.05) is 11.8 Å². The van der Waals surface area contributed by atoms with Crippen LogP contribution >= 0.6 is 11.8 Å². The van der Waals surface area contributed by atoms with E-state index in [2.05, 4.69) is 45.3 Å². The molecule has 0 aromatic heterocycles. The molecule has 0 saturated heterocycles. The van der Waals surface area contributed by atoms with Crippen LogP contribution < -0.4 is 5.32 Å². The van der Waals surface area contributed by atoms with Crippen molar-refractivity contribution in [2.75, 3.05) is 12.0 Å². The molecule has 0 amide bonds. The summed E-state index contributed by atoms with van der Waals surface area (Å²) in [7, 11) is 0. The van der Waals surface area contributed by atoms with Crippen molar-refractivity contribution in [3.8, 4) is 0 Å². The monoisotopic (exact) mass is 229 g/mol. The third-order valence-corrected chi connectivity index (χ3v) is 3.27. The Labute approximate surface area is 100 Å². The van der Waals surface area contributed by atoms with Gasteiger partial charge < -0.3 is 5.32 Å². The second-order valence-corrected chi connectivity index (χ2v) is 5.40. The summed E-state index contributed by atoms with van der Waals surface area (Å²) in [5.74, 6) is 1.23. The summed E-state index contributed by atoms with van der Waals surface area (Å²) in [6.45, 7) is 8.89. The van der Waals surface area contributed by atoms with Crippen LogP contribution in [0.15, 0.2) is 11.6 Å². The molecule has 0 fully saturated rings. The van der Waals surface area contributed by atoms with Gasteiger partial charge in [0.1, 0.15) is 0 Å². The van der Waals surface area contributed by atoms with Crippen molar-refractivity contribution in [3.05, 3.63) is 11.6 Å². The van der Waals surface area contributed by atoms with Crippen LogP contribution in [0.2, 0.25) is 0 Å². The highest BCUT2D eigenvalue weighted by atomic mass is 32.2. The fourth-order valence-electron chi connectivity index (χ4n) is 1.59. The fourth-order valence-corrected chi connectivity index (χ4v) is 2.33. The lowest BCUT2D eigenvalue weighted by Crippen LogP contribution is -2.37. The van der Waals surface area contributed by atoms with E-state index in [1.165, 1.54) is 30.6 Å². The van der Waals surface area contributed by atoms with Gasteiger partial charge in [0.2, 0.25) is 0 Å². The zero-order valence-corrected chi connectivity index (χ0v) is 11.8. The summed E-state index contributed by atoms with van der Waals surface area (Å²) >= 11 is 1.93. The molecule has 0 heterocycles. The molecular formula is C13H27NS. The van der Waals surface area contributed by atoms with Gasteiger partial charge in [-0.15, -0.1) is 0 Å². The number of allylic oxidation sites excluding steroid dienone is 2. The van der Waals surface area contributed by atoms with Gasteiger partial charge in [0.15, 0.2) is 0 Å². The van der Waals surface area contributed by atoms with Crippen molar-refractivity contribution in [1.82, 2.24) is 5.32 Å². The Morgan fingerprint density at radius 2 is 2.07 bits per heavy atom. The maximum absolute atomic E-state index is 3.69. The van der Waals surface area contributed by atoms with Crippen LogP contribution in [0.5, 0.6) is 0 Å². The van der Waals surface area contributed by atoms with Crippen LogP contribution in [0.25, 0.3) is 0 Å². The molecule has 0 aromatic carbocycles. The average Bonchev–Trinajstić information content (AvgIpc) is 2.16. The molecule has 1 N–H and O–H groups in total. The van der Waals surface area contributed by atoms with Crippen LogP contribution in [-0.2, 0) is 0 Å². The molecular weight excluding hydrogens is 202 g/mol. The zero-order valence-electron chi connectivity index (χ0n) is 11.0. The Bertz CT molecular complexity index is 173. The highest BCUT2D eigenvalue weighted by Gasteiger charge is 2.08. The third-order valence-electron chi connectivity index (χ3n) is 2.53. The molecule has 0 aliphatic heterocycles. The van der Waals surface area contributed by atoms with Crippen LogP contribution in [0, 0.1) is 0 Å². The summed E-state index contributed by atoms with van der Waals surface area (Å²) in [5.41, 5.74) is 1.43. The summed E-state index contributed by atoms with van der Waals surface area (Å²) in [5, 5.41) is 3.69. The van der Waals surface area contributed by atoms with E-state index in [4.69, 9.17) is 0 Å². The van der Waals surface area contributed by atoms with Crippen molar-refractivity contribution < 1.29 is 0 Å². The maximum Gasteiger partial charge on any atom is 0.0157 e. The standard InChI is InChI=1S/C13H27NS/c1-6-13(10-15-5)14-12(4)9-7-8-11(2)3/h8,12-14H,6-7,9-10H2,1-5H3. The lowest BCUT2D eigenvalue weighted by atomic mass is 10.1. The SMILES string of the molecule is CCC(CSC)NC(C)CCC=C(C)C. The van der Waals surface area contributed by atoms with Crippen molar-refractivity contribution in [3.63, 3.8) is 0 Å². The van der Waals surface area contributed by atoms with Crippen molar-refractivity contribution in [2.24, 2.45) is 0 Å². The first-order chi connectivity index (χ1) is 7.10.